The summed E-state index contributed by atoms with van der Waals surface area (Å²) in [4.78, 5) is 11.6. The van der Waals surface area contributed by atoms with Crippen molar-refractivity contribution in [1.82, 2.24) is 10.6 Å². The minimum atomic E-state index is -0.832. The standard InChI is InChI=1S/C13H15Cl2FN2O2/c14-8-1-2-12(11(15)3-8)20-7-13(19)18-6-10-4-9(16)5-17-10/h1-3,9-10,17H,4-7H2,(H,18,19)/t9-,10-/m0/s1. The molecule has 0 radical (unpaired) electrons. The largest absolute Gasteiger partial charge is 0.482 e. The first-order valence-corrected chi connectivity index (χ1v) is 7.02. The Morgan fingerprint density at radius 1 is 1.50 bits per heavy atom. The third kappa shape index (κ3) is 4.51. The van der Waals surface area contributed by atoms with Gasteiger partial charge in [0.2, 0.25) is 0 Å². The van der Waals surface area contributed by atoms with E-state index in [2.05, 4.69) is 10.6 Å². The van der Waals surface area contributed by atoms with Crippen molar-refractivity contribution in [2.75, 3.05) is 19.7 Å². The first kappa shape index (κ1) is 15.4. The lowest BCUT2D eigenvalue weighted by Gasteiger charge is -2.12. The van der Waals surface area contributed by atoms with Crippen molar-refractivity contribution in [3.63, 3.8) is 0 Å². The van der Waals surface area contributed by atoms with E-state index in [1.54, 1.807) is 18.2 Å². The molecule has 1 aromatic carbocycles. The van der Waals surface area contributed by atoms with E-state index in [4.69, 9.17) is 27.9 Å². The molecule has 1 heterocycles. The Hall–Kier alpha value is -1.04. The molecule has 4 nitrogen and oxygen atoms in total. The number of carbonyl (C=O) groups is 1. The van der Waals surface area contributed by atoms with E-state index < -0.39 is 6.17 Å². The van der Waals surface area contributed by atoms with Gasteiger partial charge in [-0.2, -0.15) is 0 Å². The second-order valence-corrected chi connectivity index (χ2v) is 5.45. The summed E-state index contributed by atoms with van der Waals surface area (Å²) in [5.41, 5.74) is 0. The number of alkyl halides is 1. The summed E-state index contributed by atoms with van der Waals surface area (Å²) in [7, 11) is 0. The second-order valence-electron chi connectivity index (χ2n) is 4.61. The van der Waals surface area contributed by atoms with Crippen LogP contribution < -0.4 is 15.4 Å². The highest BCUT2D eigenvalue weighted by Gasteiger charge is 2.23. The molecule has 1 aliphatic rings. The zero-order valence-electron chi connectivity index (χ0n) is 10.7. The summed E-state index contributed by atoms with van der Waals surface area (Å²) >= 11 is 11.7. The van der Waals surface area contributed by atoms with E-state index >= 15 is 0 Å². The summed E-state index contributed by atoms with van der Waals surface area (Å²) in [5.74, 6) is 0.120. The minimum Gasteiger partial charge on any atom is -0.482 e. The van der Waals surface area contributed by atoms with Gasteiger partial charge in [0.1, 0.15) is 11.9 Å². The third-order valence-corrected chi connectivity index (χ3v) is 3.50. The highest BCUT2D eigenvalue weighted by atomic mass is 35.5. The van der Waals surface area contributed by atoms with Gasteiger partial charge in [-0.25, -0.2) is 4.39 Å². The summed E-state index contributed by atoms with van der Waals surface area (Å²) in [6.07, 6.45) is -0.412. The molecule has 1 saturated heterocycles. The van der Waals surface area contributed by atoms with Crippen molar-refractivity contribution in [2.24, 2.45) is 0 Å². The molecule has 0 bridgehead atoms. The van der Waals surface area contributed by atoms with Crippen LogP contribution in [0.25, 0.3) is 0 Å². The zero-order valence-corrected chi connectivity index (χ0v) is 12.2. The molecule has 0 unspecified atom stereocenters. The molecule has 2 rings (SSSR count). The molecule has 1 aliphatic heterocycles. The van der Waals surface area contributed by atoms with E-state index in [1.807, 2.05) is 0 Å². The van der Waals surface area contributed by atoms with Crippen LogP contribution in [0.15, 0.2) is 18.2 Å². The Balaban J connectivity index is 1.72. The van der Waals surface area contributed by atoms with Crippen molar-refractivity contribution in [1.29, 1.82) is 0 Å². The van der Waals surface area contributed by atoms with E-state index in [0.29, 0.717) is 35.3 Å². The lowest BCUT2D eigenvalue weighted by atomic mass is 10.2. The summed E-state index contributed by atoms with van der Waals surface area (Å²) in [6.45, 7) is 0.585. The van der Waals surface area contributed by atoms with Crippen LogP contribution in [0.2, 0.25) is 10.0 Å². The molecule has 110 valence electrons. The molecule has 1 fully saturated rings. The van der Waals surface area contributed by atoms with Crippen LogP contribution in [0.4, 0.5) is 4.39 Å². The molecule has 1 aromatic rings. The predicted molar refractivity (Wildman–Crippen MR) is 76.3 cm³/mol. The topological polar surface area (TPSA) is 50.4 Å². The van der Waals surface area contributed by atoms with Crippen molar-refractivity contribution in [2.45, 2.75) is 18.6 Å². The van der Waals surface area contributed by atoms with Crippen LogP contribution in [-0.2, 0) is 4.79 Å². The first-order chi connectivity index (χ1) is 9.54. The zero-order chi connectivity index (χ0) is 14.5. The molecule has 7 heteroatoms. The summed E-state index contributed by atoms with van der Waals surface area (Å²) < 4.78 is 18.2. The Labute approximate surface area is 126 Å². The molecule has 0 aliphatic carbocycles. The Kier molecular flexibility index (Phi) is 5.46. The molecule has 1 amide bonds. The maximum atomic E-state index is 12.9. The fourth-order valence-corrected chi connectivity index (χ4v) is 2.41. The first-order valence-electron chi connectivity index (χ1n) is 6.26. The number of amides is 1. The molecule has 0 saturated carbocycles. The number of rotatable bonds is 5. The van der Waals surface area contributed by atoms with Crippen LogP contribution in [0.1, 0.15) is 6.42 Å². The lowest BCUT2D eigenvalue weighted by Crippen LogP contribution is -2.39. The van der Waals surface area contributed by atoms with Gasteiger partial charge < -0.3 is 15.4 Å². The average molecular weight is 321 g/mol. The van der Waals surface area contributed by atoms with Crippen LogP contribution >= 0.6 is 23.2 Å². The lowest BCUT2D eigenvalue weighted by molar-refractivity contribution is -0.123. The molecule has 20 heavy (non-hydrogen) atoms. The van der Waals surface area contributed by atoms with Gasteiger partial charge in [0.05, 0.1) is 5.02 Å². The normalized spacial score (nSPS) is 21.8. The summed E-state index contributed by atoms with van der Waals surface area (Å²) in [6, 6.07) is 4.75. The minimum absolute atomic E-state index is 0.0203. The van der Waals surface area contributed by atoms with Gasteiger partial charge in [0.25, 0.3) is 5.91 Å². The highest BCUT2D eigenvalue weighted by Crippen LogP contribution is 2.27. The smallest absolute Gasteiger partial charge is 0.257 e. The maximum Gasteiger partial charge on any atom is 0.257 e. The maximum absolute atomic E-state index is 12.9. The van der Waals surface area contributed by atoms with Gasteiger partial charge >= 0.3 is 0 Å². The van der Waals surface area contributed by atoms with E-state index in [-0.39, 0.29) is 18.6 Å². The fraction of sp³-hybridized carbons (Fsp3) is 0.462. The quantitative estimate of drug-likeness (QED) is 0.874. The highest BCUT2D eigenvalue weighted by molar-refractivity contribution is 6.35. The van der Waals surface area contributed by atoms with E-state index in [9.17, 15) is 9.18 Å². The van der Waals surface area contributed by atoms with Gasteiger partial charge in [-0.1, -0.05) is 23.2 Å². The van der Waals surface area contributed by atoms with Crippen LogP contribution in [0, 0.1) is 0 Å². The number of benzene rings is 1. The van der Waals surface area contributed by atoms with Gasteiger partial charge in [0, 0.05) is 24.2 Å². The predicted octanol–water partition coefficient (Wildman–Crippen LogP) is 2.19. The van der Waals surface area contributed by atoms with Crippen LogP contribution in [-0.4, -0.2) is 37.8 Å². The molecular formula is C13H15Cl2FN2O2. The van der Waals surface area contributed by atoms with Crippen molar-refractivity contribution < 1.29 is 13.9 Å². The number of carbonyl (C=O) groups excluding carboxylic acids is 1. The number of nitrogens with one attached hydrogen (secondary N) is 2. The Bertz CT molecular complexity index is 487. The molecule has 2 N–H and O–H groups in total. The Morgan fingerprint density at radius 2 is 2.30 bits per heavy atom. The summed E-state index contributed by atoms with van der Waals surface area (Å²) in [5, 5.41) is 6.52. The van der Waals surface area contributed by atoms with Gasteiger partial charge in [-0.3, -0.25) is 4.79 Å². The van der Waals surface area contributed by atoms with Gasteiger partial charge in [-0.05, 0) is 24.6 Å². The van der Waals surface area contributed by atoms with Crippen molar-refractivity contribution in [3.8, 4) is 5.75 Å². The molecule has 2 atom stereocenters. The number of ether oxygens (including phenoxy) is 1. The van der Waals surface area contributed by atoms with Gasteiger partial charge in [-0.15, -0.1) is 0 Å². The second kappa shape index (κ2) is 7.11. The molecule has 0 aromatic heterocycles. The van der Waals surface area contributed by atoms with Crippen molar-refractivity contribution in [3.05, 3.63) is 28.2 Å². The fourth-order valence-electron chi connectivity index (χ4n) is 1.95. The van der Waals surface area contributed by atoms with E-state index in [0.717, 1.165) is 0 Å². The third-order valence-electron chi connectivity index (χ3n) is 2.97. The van der Waals surface area contributed by atoms with Crippen molar-refractivity contribution >= 4 is 29.1 Å². The van der Waals surface area contributed by atoms with E-state index in [1.165, 1.54) is 0 Å². The molecule has 0 spiro atoms. The number of hydrogen-bond acceptors (Lipinski definition) is 3. The Morgan fingerprint density at radius 3 is 2.95 bits per heavy atom. The van der Waals surface area contributed by atoms with Crippen LogP contribution in [0.3, 0.4) is 0 Å². The average Bonchev–Trinajstić information content (AvgIpc) is 2.81. The van der Waals surface area contributed by atoms with Crippen LogP contribution in [0.5, 0.6) is 5.75 Å². The number of halogens is 3. The van der Waals surface area contributed by atoms with Gasteiger partial charge in [0.15, 0.2) is 6.61 Å². The monoisotopic (exact) mass is 320 g/mol. The molecular weight excluding hydrogens is 306 g/mol. The SMILES string of the molecule is O=C(COc1ccc(Cl)cc1Cl)NC[C@@H]1C[C@H](F)CN1. The number of hydrogen-bond donors (Lipinski definition) is 2.